The van der Waals surface area contributed by atoms with E-state index in [2.05, 4.69) is 31.4 Å². The van der Waals surface area contributed by atoms with Gasteiger partial charge < -0.3 is 10.2 Å². The largest absolute Gasteiger partial charge is 0.349 e. The van der Waals surface area contributed by atoms with Crippen LogP contribution in [-0.4, -0.2) is 39.5 Å². The molecule has 2 amide bonds. The van der Waals surface area contributed by atoms with Gasteiger partial charge in [0.2, 0.25) is 5.91 Å². The van der Waals surface area contributed by atoms with Crippen LogP contribution in [-0.2, 0) is 11.3 Å². The highest BCUT2D eigenvalue weighted by Crippen LogP contribution is 2.21. The number of nitrogens with zero attached hydrogens (tertiary/aromatic N) is 2. The number of nitrogens with one attached hydrogen (secondary N) is 2. The summed E-state index contributed by atoms with van der Waals surface area (Å²) in [7, 11) is 0. The molecule has 0 spiro atoms. The Bertz CT molecular complexity index is 685. The van der Waals surface area contributed by atoms with Crippen molar-refractivity contribution in [1.29, 1.82) is 0 Å². The third kappa shape index (κ3) is 3.61. The van der Waals surface area contributed by atoms with Crippen molar-refractivity contribution in [3.8, 4) is 0 Å². The molecule has 0 unspecified atom stereocenters. The third-order valence-electron chi connectivity index (χ3n) is 3.92. The number of amides is 2. The molecule has 7 heteroatoms. The first-order valence-corrected chi connectivity index (χ1v) is 8.27. The number of aromatic nitrogens is 2. The van der Waals surface area contributed by atoms with Crippen LogP contribution in [0.2, 0.25) is 0 Å². The monoisotopic (exact) mass is 376 g/mol. The fourth-order valence-corrected chi connectivity index (χ4v) is 2.99. The Kier molecular flexibility index (Phi) is 4.76. The fraction of sp³-hybridized carbons (Fsp3) is 0.312. The van der Waals surface area contributed by atoms with Gasteiger partial charge in [-0.3, -0.25) is 14.7 Å². The molecular formula is C16H17BrN4O2. The molecule has 0 radical (unpaired) electrons. The van der Waals surface area contributed by atoms with E-state index in [1.807, 2.05) is 12.1 Å². The molecule has 23 heavy (non-hydrogen) atoms. The molecule has 1 aromatic heterocycles. The molecule has 3 rings (SSSR count). The van der Waals surface area contributed by atoms with E-state index in [-0.39, 0.29) is 11.8 Å². The second kappa shape index (κ2) is 6.95. The van der Waals surface area contributed by atoms with Crippen LogP contribution in [0.25, 0.3) is 0 Å². The highest BCUT2D eigenvalue weighted by atomic mass is 79.9. The van der Waals surface area contributed by atoms with E-state index in [9.17, 15) is 9.59 Å². The van der Waals surface area contributed by atoms with Gasteiger partial charge in [0.05, 0.1) is 12.2 Å². The van der Waals surface area contributed by atoms with Gasteiger partial charge in [0, 0.05) is 22.8 Å². The maximum Gasteiger partial charge on any atom is 0.254 e. The second-order valence-corrected chi connectivity index (χ2v) is 6.38. The lowest BCUT2D eigenvalue weighted by Crippen LogP contribution is -2.45. The molecule has 6 nitrogen and oxygen atoms in total. The lowest BCUT2D eigenvalue weighted by molar-refractivity contribution is -0.125. The predicted molar refractivity (Wildman–Crippen MR) is 88.6 cm³/mol. The zero-order valence-electron chi connectivity index (χ0n) is 12.5. The van der Waals surface area contributed by atoms with Gasteiger partial charge in [-0.05, 0) is 43.2 Å². The van der Waals surface area contributed by atoms with E-state index >= 15 is 0 Å². The zero-order chi connectivity index (χ0) is 16.2. The molecule has 120 valence electrons. The van der Waals surface area contributed by atoms with Crippen molar-refractivity contribution in [3.63, 3.8) is 0 Å². The molecule has 1 fully saturated rings. The quantitative estimate of drug-likeness (QED) is 0.857. The topological polar surface area (TPSA) is 78.1 Å². The summed E-state index contributed by atoms with van der Waals surface area (Å²) in [5, 5.41) is 9.50. The summed E-state index contributed by atoms with van der Waals surface area (Å²) < 4.78 is 0.921. The van der Waals surface area contributed by atoms with Crippen molar-refractivity contribution in [1.82, 2.24) is 20.4 Å². The van der Waals surface area contributed by atoms with Crippen molar-refractivity contribution >= 4 is 27.7 Å². The Balaban J connectivity index is 1.65. The molecule has 2 aromatic rings. The predicted octanol–water partition coefficient (Wildman–Crippen LogP) is 2.09. The van der Waals surface area contributed by atoms with Crippen LogP contribution < -0.4 is 5.32 Å². The first kappa shape index (κ1) is 15.7. The van der Waals surface area contributed by atoms with Crippen LogP contribution in [0.3, 0.4) is 0 Å². The number of likely N-dealkylation sites (tertiary alicyclic amines) is 1. The Morgan fingerprint density at radius 2 is 2.09 bits per heavy atom. The average Bonchev–Trinajstić information content (AvgIpc) is 3.24. The summed E-state index contributed by atoms with van der Waals surface area (Å²) in [4.78, 5) is 26.7. The number of carbonyl (C=O) groups is 2. The van der Waals surface area contributed by atoms with Gasteiger partial charge in [-0.25, -0.2) is 0 Å². The minimum absolute atomic E-state index is 0.100. The number of hydrogen-bond acceptors (Lipinski definition) is 3. The zero-order valence-corrected chi connectivity index (χ0v) is 14.0. The van der Waals surface area contributed by atoms with Crippen LogP contribution >= 0.6 is 15.9 Å². The Hall–Kier alpha value is -2.15. The number of H-pyrrole nitrogens is 1. The van der Waals surface area contributed by atoms with E-state index < -0.39 is 6.04 Å². The van der Waals surface area contributed by atoms with E-state index in [1.165, 1.54) is 0 Å². The lowest BCUT2D eigenvalue weighted by Gasteiger charge is -2.24. The van der Waals surface area contributed by atoms with Crippen molar-refractivity contribution in [2.24, 2.45) is 0 Å². The number of halogens is 1. The summed E-state index contributed by atoms with van der Waals surface area (Å²) in [5.74, 6) is -0.223. The van der Waals surface area contributed by atoms with E-state index in [0.717, 1.165) is 16.6 Å². The van der Waals surface area contributed by atoms with Crippen molar-refractivity contribution in [2.75, 3.05) is 6.54 Å². The van der Waals surface area contributed by atoms with Gasteiger partial charge in [0.25, 0.3) is 5.91 Å². The number of carbonyl (C=O) groups excluding carboxylic acids is 2. The van der Waals surface area contributed by atoms with Crippen LogP contribution in [0.15, 0.2) is 41.0 Å². The fourth-order valence-electron chi connectivity index (χ4n) is 2.72. The first-order chi connectivity index (χ1) is 11.1. The maximum atomic E-state index is 12.6. The summed E-state index contributed by atoms with van der Waals surface area (Å²) >= 11 is 3.36. The van der Waals surface area contributed by atoms with Gasteiger partial charge in [-0.1, -0.05) is 15.9 Å². The summed E-state index contributed by atoms with van der Waals surface area (Å²) in [5.41, 5.74) is 1.43. The average molecular weight is 377 g/mol. The molecule has 0 saturated carbocycles. The first-order valence-electron chi connectivity index (χ1n) is 7.47. The molecule has 1 aromatic carbocycles. The van der Waals surface area contributed by atoms with Crippen molar-refractivity contribution < 1.29 is 9.59 Å². The van der Waals surface area contributed by atoms with Crippen LogP contribution in [0.4, 0.5) is 0 Å². The lowest BCUT2D eigenvalue weighted by atomic mass is 10.1. The Morgan fingerprint density at radius 1 is 1.30 bits per heavy atom. The second-order valence-electron chi connectivity index (χ2n) is 5.46. The van der Waals surface area contributed by atoms with E-state index in [1.54, 1.807) is 29.3 Å². The van der Waals surface area contributed by atoms with E-state index in [0.29, 0.717) is 25.1 Å². The maximum absolute atomic E-state index is 12.6. The SMILES string of the molecule is O=C(NCc1ccn[nH]1)[C@@H]1CCCN1C(=O)c1ccc(Br)cc1. The number of rotatable bonds is 4. The number of benzene rings is 1. The van der Waals surface area contributed by atoms with Crippen molar-refractivity contribution in [3.05, 3.63) is 52.3 Å². The molecular weight excluding hydrogens is 360 g/mol. The van der Waals surface area contributed by atoms with Crippen molar-refractivity contribution in [2.45, 2.75) is 25.4 Å². The number of aromatic amines is 1. The minimum atomic E-state index is -0.408. The molecule has 1 aliphatic heterocycles. The van der Waals surface area contributed by atoms with Gasteiger partial charge in [-0.2, -0.15) is 5.10 Å². The molecule has 1 aliphatic rings. The highest BCUT2D eigenvalue weighted by molar-refractivity contribution is 9.10. The minimum Gasteiger partial charge on any atom is -0.349 e. The van der Waals surface area contributed by atoms with Crippen LogP contribution in [0.1, 0.15) is 28.9 Å². The summed E-state index contributed by atoms with van der Waals surface area (Å²) in [6, 6.07) is 8.59. The standard InChI is InChI=1S/C16H17BrN4O2/c17-12-5-3-11(4-6-12)16(23)21-9-1-2-14(21)15(22)18-10-13-7-8-19-20-13/h3-8,14H,1-2,9-10H2,(H,18,22)(H,19,20)/t14-/m0/s1. The molecule has 2 heterocycles. The number of hydrogen-bond donors (Lipinski definition) is 2. The highest BCUT2D eigenvalue weighted by Gasteiger charge is 2.34. The van der Waals surface area contributed by atoms with Gasteiger partial charge in [0.1, 0.15) is 6.04 Å². The molecule has 1 saturated heterocycles. The van der Waals surface area contributed by atoms with Gasteiger partial charge in [-0.15, -0.1) is 0 Å². The summed E-state index contributed by atoms with van der Waals surface area (Å²) in [6.07, 6.45) is 3.17. The molecule has 0 aliphatic carbocycles. The van der Waals surface area contributed by atoms with Crippen LogP contribution in [0, 0.1) is 0 Å². The normalized spacial score (nSPS) is 17.3. The molecule has 2 N–H and O–H groups in total. The third-order valence-corrected chi connectivity index (χ3v) is 4.45. The Labute approximate surface area is 142 Å². The smallest absolute Gasteiger partial charge is 0.254 e. The molecule has 0 bridgehead atoms. The molecule has 1 atom stereocenters. The van der Waals surface area contributed by atoms with Gasteiger partial charge in [0.15, 0.2) is 0 Å². The van der Waals surface area contributed by atoms with Crippen LogP contribution in [0.5, 0.6) is 0 Å². The van der Waals surface area contributed by atoms with E-state index in [4.69, 9.17) is 0 Å². The summed E-state index contributed by atoms with van der Waals surface area (Å²) in [6.45, 7) is 0.993. The van der Waals surface area contributed by atoms with Gasteiger partial charge >= 0.3 is 0 Å². The Morgan fingerprint density at radius 3 is 2.78 bits per heavy atom.